The van der Waals surface area contributed by atoms with Crippen LogP contribution in [0.4, 0.5) is 0 Å². The van der Waals surface area contributed by atoms with Gasteiger partial charge in [0.2, 0.25) is 5.91 Å². The summed E-state index contributed by atoms with van der Waals surface area (Å²) in [5.41, 5.74) is 1.96. The van der Waals surface area contributed by atoms with Crippen molar-refractivity contribution in [2.75, 3.05) is 7.11 Å². The summed E-state index contributed by atoms with van der Waals surface area (Å²) in [5, 5.41) is 2.84. The summed E-state index contributed by atoms with van der Waals surface area (Å²) in [5.74, 6) is 0.652. The molecule has 0 atom stereocenters. The predicted molar refractivity (Wildman–Crippen MR) is 80.3 cm³/mol. The van der Waals surface area contributed by atoms with Crippen molar-refractivity contribution in [1.29, 1.82) is 0 Å². The lowest BCUT2D eigenvalue weighted by atomic mass is 10.2. The highest BCUT2D eigenvalue weighted by Gasteiger charge is 2.02. The molecule has 0 heterocycles. The van der Waals surface area contributed by atoms with Crippen LogP contribution >= 0.6 is 0 Å². The SMILES string of the molecule is COc1ccccc1CNC(=O)/C=C\c1ccccc1. The fraction of sp³-hybridized carbons (Fsp3) is 0.118. The number of carbonyl (C=O) groups is 1. The van der Waals surface area contributed by atoms with E-state index >= 15 is 0 Å². The minimum absolute atomic E-state index is 0.125. The number of rotatable bonds is 5. The summed E-state index contributed by atoms with van der Waals surface area (Å²) in [4.78, 5) is 11.8. The number of para-hydroxylation sites is 1. The Morgan fingerprint density at radius 3 is 2.55 bits per heavy atom. The Morgan fingerprint density at radius 1 is 1.10 bits per heavy atom. The van der Waals surface area contributed by atoms with Gasteiger partial charge in [0.25, 0.3) is 0 Å². The molecule has 3 heteroatoms. The second-order valence-electron chi connectivity index (χ2n) is 4.27. The van der Waals surface area contributed by atoms with Crippen molar-refractivity contribution in [3.63, 3.8) is 0 Å². The van der Waals surface area contributed by atoms with Crippen LogP contribution in [-0.2, 0) is 11.3 Å². The molecule has 3 nitrogen and oxygen atoms in total. The summed E-state index contributed by atoms with van der Waals surface area (Å²) >= 11 is 0. The molecule has 0 aliphatic carbocycles. The predicted octanol–water partition coefficient (Wildman–Crippen LogP) is 3.02. The topological polar surface area (TPSA) is 38.3 Å². The Labute approximate surface area is 118 Å². The maximum atomic E-state index is 11.8. The van der Waals surface area contributed by atoms with E-state index in [1.807, 2.05) is 54.6 Å². The van der Waals surface area contributed by atoms with Crippen LogP contribution in [0.1, 0.15) is 11.1 Å². The van der Waals surface area contributed by atoms with Gasteiger partial charge < -0.3 is 10.1 Å². The van der Waals surface area contributed by atoms with Crippen LogP contribution in [0, 0.1) is 0 Å². The normalized spacial score (nSPS) is 10.4. The first-order valence-corrected chi connectivity index (χ1v) is 6.42. The van der Waals surface area contributed by atoms with Gasteiger partial charge in [-0.1, -0.05) is 48.5 Å². The molecule has 1 amide bonds. The molecule has 0 aliphatic rings. The highest BCUT2D eigenvalue weighted by Crippen LogP contribution is 2.16. The van der Waals surface area contributed by atoms with Gasteiger partial charge in [-0.2, -0.15) is 0 Å². The summed E-state index contributed by atoms with van der Waals surface area (Å²) < 4.78 is 5.24. The number of hydrogen-bond acceptors (Lipinski definition) is 2. The molecule has 0 saturated heterocycles. The number of methoxy groups -OCH3 is 1. The number of ether oxygens (including phenoxy) is 1. The van der Waals surface area contributed by atoms with Crippen LogP contribution in [0.15, 0.2) is 60.7 Å². The highest BCUT2D eigenvalue weighted by molar-refractivity contribution is 5.91. The zero-order valence-electron chi connectivity index (χ0n) is 11.4. The van der Waals surface area contributed by atoms with Crippen LogP contribution in [0.25, 0.3) is 6.08 Å². The molecule has 0 bridgehead atoms. The number of amides is 1. The van der Waals surface area contributed by atoms with Crippen LogP contribution in [0.3, 0.4) is 0 Å². The lowest BCUT2D eigenvalue weighted by molar-refractivity contribution is -0.116. The third-order valence-corrected chi connectivity index (χ3v) is 2.87. The van der Waals surface area contributed by atoms with Crippen LogP contribution in [0.2, 0.25) is 0 Å². The molecule has 0 aliphatic heterocycles. The van der Waals surface area contributed by atoms with Crippen molar-refractivity contribution in [1.82, 2.24) is 5.32 Å². The lowest BCUT2D eigenvalue weighted by Gasteiger charge is -2.08. The number of carbonyl (C=O) groups excluding carboxylic acids is 1. The van der Waals surface area contributed by atoms with Crippen molar-refractivity contribution in [3.8, 4) is 5.75 Å². The second kappa shape index (κ2) is 7.14. The van der Waals surface area contributed by atoms with Gasteiger partial charge in [-0.25, -0.2) is 0 Å². The smallest absolute Gasteiger partial charge is 0.244 e. The van der Waals surface area contributed by atoms with Crippen molar-refractivity contribution >= 4 is 12.0 Å². The number of benzene rings is 2. The van der Waals surface area contributed by atoms with Gasteiger partial charge >= 0.3 is 0 Å². The monoisotopic (exact) mass is 267 g/mol. The molecule has 0 radical (unpaired) electrons. The van der Waals surface area contributed by atoms with Crippen molar-refractivity contribution < 1.29 is 9.53 Å². The van der Waals surface area contributed by atoms with Gasteiger partial charge in [-0.15, -0.1) is 0 Å². The summed E-state index contributed by atoms with van der Waals surface area (Å²) in [6, 6.07) is 17.3. The average Bonchev–Trinajstić information content (AvgIpc) is 2.52. The van der Waals surface area contributed by atoms with E-state index in [1.54, 1.807) is 13.2 Å². The van der Waals surface area contributed by atoms with Gasteiger partial charge in [0.1, 0.15) is 5.75 Å². The van der Waals surface area contributed by atoms with Crippen molar-refractivity contribution in [2.24, 2.45) is 0 Å². The molecule has 102 valence electrons. The fourth-order valence-corrected chi connectivity index (χ4v) is 1.83. The van der Waals surface area contributed by atoms with Gasteiger partial charge in [0, 0.05) is 18.2 Å². The van der Waals surface area contributed by atoms with E-state index in [9.17, 15) is 4.79 Å². The summed E-state index contributed by atoms with van der Waals surface area (Å²) in [7, 11) is 1.62. The third kappa shape index (κ3) is 3.99. The largest absolute Gasteiger partial charge is 0.496 e. The molecule has 0 aromatic heterocycles. The Kier molecular flexibility index (Phi) is 4.95. The maximum Gasteiger partial charge on any atom is 0.244 e. The molecule has 2 aromatic rings. The van der Waals surface area contributed by atoms with Crippen LogP contribution in [0.5, 0.6) is 5.75 Å². The molecule has 20 heavy (non-hydrogen) atoms. The van der Waals surface area contributed by atoms with E-state index < -0.39 is 0 Å². The number of hydrogen-bond donors (Lipinski definition) is 1. The second-order valence-corrected chi connectivity index (χ2v) is 4.27. The molecule has 1 N–H and O–H groups in total. The lowest BCUT2D eigenvalue weighted by Crippen LogP contribution is -2.20. The molecule has 0 unspecified atom stereocenters. The van der Waals surface area contributed by atoms with Gasteiger partial charge in [-0.3, -0.25) is 4.79 Å². The zero-order valence-corrected chi connectivity index (χ0v) is 11.4. The first kappa shape index (κ1) is 13.9. The van der Waals surface area contributed by atoms with E-state index in [1.165, 1.54) is 6.08 Å². The quantitative estimate of drug-likeness (QED) is 0.846. The number of nitrogens with one attached hydrogen (secondary N) is 1. The molecule has 0 spiro atoms. The van der Waals surface area contributed by atoms with Gasteiger partial charge in [-0.05, 0) is 17.7 Å². The minimum atomic E-state index is -0.125. The summed E-state index contributed by atoms with van der Waals surface area (Å²) in [6.45, 7) is 0.446. The van der Waals surface area contributed by atoms with E-state index in [0.717, 1.165) is 16.9 Å². The first-order valence-electron chi connectivity index (χ1n) is 6.42. The van der Waals surface area contributed by atoms with E-state index in [0.29, 0.717) is 6.54 Å². The van der Waals surface area contributed by atoms with Crippen molar-refractivity contribution in [2.45, 2.75) is 6.54 Å². The molecule has 2 aromatic carbocycles. The molecule has 0 fully saturated rings. The summed E-state index contributed by atoms with van der Waals surface area (Å²) in [6.07, 6.45) is 3.32. The highest BCUT2D eigenvalue weighted by atomic mass is 16.5. The van der Waals surface area contributed by atoms with Gasteiger partial charge in [0.15, 0.2) is 0 Å². The first-order chi connectivity index (χ1) is 9.79. The van der Waals surface area contributed by atoms with E-state index in [4.69, 9.17) is 4.74 Å². The van der Waals surface area contributed by atoms with E-state index in [2.05, 4.69) is 5.32 Å². The Hall–Kier alpha value is -2.55. The average molecular weight is 267 g/mol. The van der Waals surface area contributed by atoms with Crippen molar-refractivity contribution in [3.05, 3.63) is 71.8 Å². The van der Waals surface area contributed by atoms with E-state index in [-0.39, 0.29) is 5.91 Å². The maximum absolute atomic E-state index is 11.8. The van der Waals surface area contributed by atoms with Crippen LogP contribution in [-0.4, -0.2) is 13.0 Å². The Balaban J connectivity index is 1.91. The third-order valence-electron chi connectivity index (χ3n) is 2.87. The molecular formula is C17H17NO2. The zero-order chi connectivity index (χ0) is 14.2. The molecular weight excluding hydrogens is 250 g/mol. The van der Waals surface area contributed by atoms with Crippen LogP contribution < -0.4 is 10.1 Å². The Bertz CT molecular complexity index is 591. The Morgan fingerprint density at radius 2 is 1.80 bits per heavy atom. The molecule has 0 saturated carbocycles. The van der Waals surface area contributed by atoms with Gasteiger partial charge in [0.05, 0.1) is 7.11 Å². The fourth-order valence-electron chi connectivity index (χ4n) is 1.83. The molecule has 2 rings (SSSR count). The standard InChI is InChI=1S/C17H17NO2/c1-20-16-10-6-5-9-15(16)13-18-17(19)12-11-14-7-3-2-4-8-14/h2-12H,13H2,1H3,(H,18,19)/b12-11-. The minimum Gasteiger partial charge on any atom is -0.496 e.